The highest BCUT2D eigenvalue weighted by Gasteiger charge is 2.17. The van der Waals surface area contributed by atoms with Crippen molar-refractivity contribution in [3.05, 3.63) is 95.1 Å². The maximum Gasteiger partial charge on any atom is 0.344 e. The smallest absolute Gasteiger partial charge is 0.344 e. The fraction of sp³-hybridized carbons (Fsp3) is 0.120. The van der Waals surface area contributed by atoms with Crippen molar-refractivity contribution >= 4 is 16.9 Å². The van der Waals surface area contributed by atoms with Crippen molar-refractivity contribution in [3.63, 3.8) is 0 Å². The van der Waals surface area contributed by atoms with Crippen LogP contribution in [0, 0.1) is 20.8 Å². The van der Waals surface area contributed by atoms with Gasteiger partial charge in [0.1, 0.15) is 5.75 Å². The zero-order chi connectivity index (χ0) is 19.7. The van der Waals surface area contributed by atoms with Gasteiger partial charge in [0.2, 0.25) is 0 Å². The summed E-state index contributed by atoms with van der Waals surface area (Å²) in [6.45, 7) is 6.05. The first kappa shape index (κ1) is 17.9. The number of esters is 1. The van der Waals surface area contributed by atoms with E-state index in [2.05, 4.69) is 0 Å². The quantitative estimate of drug-likeness (QED) is 0.327. The van der Waals surface area contributed by atoms with E-state index in [0.29, 0.717) is 11.3 Å². The number of rotatable bonds is 3. The zero-order valence-electron chi connectivity index (χ0n) is 16.2. The van der Waals surface area contributed by atoms with Crippen LogP contribution in [-0.2, 0) is 0 Å². The molecule has 0 amide bonds. The zero-order valence-corrected chi connectivity index (χ0v) is 16.2. The summed E-state index contributed by atoms with van der Waals surface area (Å²) in [5.74, 6) is 0.153. The predicted molar refractivity (Wildman–Crippen MR) is 113 cm³/mol. The van der Waals surface area contributed by atoms with Gasteiger partial charge in [0, 0.05) is 10.9 Å². The van der Waals surface area contributed by atoms with E-state index < -0.39 is 0 Å². The minimum atomic E-state index is -0.379. The van der Waals surface area contributed by atoms with Crippen molar-refractivity contribution in [2.75, 3.05) is 0 Å². The summed E-state index contributed by atoms with van der Waals surface area (Å²) < 4.78 is 5.65. The van der Waals surface area contributed by atoms with Crippen LogP contribution in [0.2, 0.25) is 0 Å². The van der Waals surface area contributed by atoms with Gasteiger partial charge in [-0.05, 0) is 44.5 Å². The van der Waals surface area contributed by atoms with E-state index in [1.54, 1.807) is 0 Å². The molecule has 0 saturated carbocycles. The summed E-state index contributed by atoms with van der Waals surface area (Å²) in [4.78, 5) is 17.8. The maximum absolute atomic E-state index is 13.0. The number of para-hydroxylation sites is 1. The number of pyridine rings is 1. The molecule has 0 N–H and O–H groups in total. The number of aromatic nitrogens is 1. The van der Waals surface area contributed by atoms with Crippen molar-refractivity contribution in [1.29, 1.82) is 0 Å². The highest BCUT2D eigenvalue weighted by atomic mass is 16.5. The number of nitrogens with zero attached hydrogens (tertiary/aromatic N) is 1. The van der Waals surface area contributed by atoms with Crippen LogP contribution in [0.1, 0.15) is 27.0 Å². The molecule has 4 rings (SSSR count). The molecule has 0 aliphatic heterocycles. The summed E-state index contributed by atoms with van der Waals surface area (Å²) in [7, 11) is 0. The largest absolute Gasteiger partial charge is 0.423 e. The Hall–Kier alpha value is -3.46. The summed E-state index contributed by atoms with van der Waals surface area (Å²) in [5, 5.41) is 0.799. The van der Waals surface area contributed by atoms with Crippen molar-refractivity contribution in [1.82, 2.24) is 4.98 Å². The Bertz CT molecular complexity index is 1160. The van der Waals surface area contributed by atoms with Crippen molar-refractivity contribution in [3.8, 4) is 17.0 Å². The van der Waals surface area contributed by atoms with Crippen LogP contribution < -0.4 is 4.74 Å². The van der Waals surface area contributed by atoms with Crippen LogP contribution in [0.4, 0.5) is 0 Å². The molecule has 0 bridgehead atoms. The lowest BCUT2D eigenvalue weighted by molar-refractivity contribution is 0.0737. The molecular weight excluding hydrogens is 346 g/mol. The number of carbonyl (C=O) groups excluding carboxylic acids is 1. The molecule has 1 aromatic heterocycles. The van der Waals surface area contributed by atoms with Crippen LogP contribution >= 0.6 is 0 Å². The second-order valence-electron chi connectivity index (χ2n) is 7.09. The molecule has 4 aromatic rings. The molecule has 0 aliphatic carbocycles. The number of hydrogen-bond donors (Lipinski definition) is 0. The molecule has 0 spiro atoms. The topological polar surface area (TPSA) is 39.2 Å². The first-order valence-electron chi connectivity index (χ1n) is 9.27. The first-order valence-corrected chi connectivity index (χ1v) is 9.27. The van der Waals surface area contributed by atoms with Gasteiger partial charge in [-0.15, -0.1) is 0 Å². The monoisotopic (exact) mass is 367 g/mol. The predicted octanol–water partition coefficient (Wildman–Crippen LogP) is 6.05. The van der Waals surface area contributed by atoms with Crippen molar-refractivity contribution < 1.29 is 9.53 Å². The van der Waals surface area contributed by atoms with Gasteiger partial charge in [0.25, 0.3) is 0 Å². The van der Waals surface area contributed by atoms with Crippen LogP contribution in [0.25, 0.3) is 22.2 Å². The molecule has 1 heterocycles. The van der Waals surface area contributed by atoms with E-state index >= 15 is 0 Å². The van der Waals surface area contributed by atoms with E-state index in [-0.39, 0.29) is 5.97 Å². The van der Waals surface area contributed by atoms with Crippen LogP contribution in [0.15, 0.2) is 72.8 Å². The minimum Gasteiger partial charge on any atom is -0.423 e. The summed E-state index contributed by atoms with van der Waals surface area (Å²) in [5.41, 5.74) is 6.39. The number of fused-ring (bicyclic) bond motifs is 1. The van der Waals surface area contributed by atoms with Gasteiger partial charge in [-0.25, -0.2) is 9.78 Å². The summed E-state index contributed by atoms with van der Waals surface area (Å²) >= 11 is 0. The molecule has 3 aromatic carbocycles. The van der Waals surface area contributed by atoms with Gasteiger partial charge in [-0.3, -0.25) is 0 Å². The van der Waals surface area contributed by atoms with E-state index in [0.717, 1.165) is 33.3 Å². The van der Waals surface area contributed by atoms with Gasteiger partial charge in [-0.2, -0.15) is 0 Å². The van der Waals surface area contributed by atoms with Crippen LogP contribution in [0.3, 0.4) is 0 Å². The minimum absolute atomic E-state index is 0.379. The number of aryl methyl sites for hydroxylation is 3. The van der Waals surface area contributed by atoms with E-state index in [9.17, 15) is 4.79 Å². The van der Waals surface area contributed by atoms with Gasteiger partial charge in [-0.1, -0.05) is 65.7 Å². The summed E-state index contributed by atoms with van der Waals surface area (Å²) in [6, 6.07) is 23.3. The third-order valence-electron chi connectivity index (χ3n) is 4.84. The standard InChI is InChI=1S/C25H21NO2/c1-16-7-11-19(12-8-16)23-15-22(21-6-4-5-18(3)24(21)26-23)25(27)28-20-13-9-17(2)10-14-20/h4-15H,1-3H3. The van der Waals surface area contributed by atoms with Crippen molar-refractivity contribution in [2.24, 2.45) is 0 Å². The molecule has 0 atom stereocenters. The average Bonchev–Trinajstić information content (AvgIpc) is 2.70. The first-order chi connectivity index (χ1) is 13.5. The second kappa shape index (κ2) is 7.28. The SMILES string of the molecule is Cc1ccc(OC(=O)c2cc(-c3ccc(C)cc3)nc3c(C)cccc23)cc1. The Balaban J connectivity index is 1.83. The number of carbonyl (C=O) groups is 1. The molecule has 0 radical (unpaired) electrons. The molecule has 138 valence electrons. The molecule has 0 aliphatic rings. The molecule has 0 fully saturated rings. The molecular formula is C25H21NO2. The lowest BCUT2D eigenvalue weighted by Crippen LogP contribution is -2.10. The molecule has 0 unspecified atom stereocenters. The number of hydrogen-bond acceptors (Lipinski definition) is 3. The van der Waals surface area contributed by atoms with Crippen molar-refractivity contribution in [2.45, 2.75) is 20.8 Å². The third kappa shape index (κ3) is 3.52. The van der Waals surface area contributed by atoms with Gasteiger partial charge < -0.3 is 4.74 Å². The fourth-order valence-corrected chi connectivity index (χ4v) is 3.20. The van der Waals surface area contributed by atoms with E-state index in [4.69, 9.17) is 9.72 Å². The highest BCUT2D eigenvalue weighted by molar-refractivity contribution is 6.06. The normalized spacial score (nSPS) is 10.8. The number of ether oxygens (including phenoxy) is 1. The van der Waals surface area contributed by atoms with Gasteiger partial charge >= 0.3 is 5.97 Å². The van der Waals surface area contributed by atoms with Crippen LogP contribution in [-0.4, -0.2) is 11.0 Å². The van der Waals surface area contributed by atoms with Gasteiger partial charge in [0.15, 0.2) is 0 Å². The Morgan fingerprint density at radius 2 is 1.46 bits per heavy atom. The fourth-order valence-electron chi connectivity index (χ4n) is 3.20. The second-order valence-corrected chi connectivity index (χ2v) is 7.09. The Kier molecular flexibility index (Phi) is 4.66. The number of benzene rings is 3. The lowest BCUT2D eigenvalue weighted by atomic mass is 10.0. The van der Waals surface area contributed by atoms with E-state index in [1.165, 1.54) is 5.56 Å². The molecule has 3 nitrogen and oxygen atoms in total. The molecule has 0 saturated heterocycles. The Morgan fingerprint density at radius 1 is 0.821 bits per heavy atom. The maximum atomic E-state index is 13.0. The average molecular weight is 367 g/mol. The molecule has 28 heavy (non-hydrogen) atoms. The van der Waals surface area contributed by atoms with Crippen LogP contribution in [0.5, 0.6) is 5.75 Å². The lowest BCUT2D eigenvalue weighted by Gasteiger charge is -2.12. The third-order valence-corrected chi connectivity index (χ3v) is 4.84. The van der Waals surface area contributed by atoms with Gasteiger partial charge in [0.05, 0.1) is 16.8 Å². The summed E-state index contributed by atoms with van der Waals surface area (Å²) in [6.07, 6.45) is 0. The molecule has 3 heteroatoms. The Morgan fingerprint density at radius 3 is 2.14 bits per heavy atom. The van der Waals surface area contributed by atoms with E-state index in [1.807, 2.05) is 93.6 Å². The highest BCUT2D eigenvalue weighted by Crippen LogP contribution is 2.28. The Labute approximate surface area is 164 Å².